The lowest BCUT2D eigenvalue weighted by Gasteiger charge is -2.20. The molecule has 28 heavy (non-hydrogen) atoms. The van der Waals surface area contributed by atoms with Crippen molar-refractivity contribution < 1.29 is 27.4 Å². The average molecular weight is 406 g/mol. The molecule has 0 bridgehead atoms. The van der Waals surface area contributed by atoms with E-state index in [1.165, 1.54) is 7.05 Å². The minimum Gasteiger partial charge on any atom is -0.486 e. The second-order valence-corrected chi connectivity index (χ2v) is 8.35. The van der Waals surface area contributed by atoms with Crippen molar-refractivity contribution in [3.63, 3.8) is 0 Å². The van der Waals surface area contributed by atoms with E-state index in [0.29, 0.717) is 41.8 Å². The fraction of sp³-hybridized carbons (Fsp3) is 0.316. The maximum atomic E-state index is 12.4. The molecule has 8 nitrogen and oxygen atoms in total. The van der Waals surface area contributed by atoms with Crippen LogP contribution in [-0.2, 0) is 14.8 Å². The summed E-state index contributed by atoms with van der Waals surface area (Å²) in [5, 5.41) is 2.77. The van der Waals surface area contributed by atoms with Crippen molar-refractivity contribution in [2.24, 2.45) is 0 Å². The van der Waals surface area contributed by atoms with Gasteiger partial charge in [-0.15, -0.1) is 0 Å². The SMILES string of the molecule is CC(Oc1ccc(N(C)S(C)(=O)=O)cc1)C(=O)Nc1ccc2c(c1)OCCO2. The number of hydrogen-bond acceptors (Lipinski definition) is 6. The molecule has 9 heteroatoms. The van der Waals surface area contributed by atoms with Gasteiger partial charge in [0, 0.05) is 18.8 Å². The van der Waals surface area contributed by atoms with Crippen molar-refractivity contribution in [3.05, 3.63) is 42.5 Å². The Morgan fingerprint density at radius 3 is 2.39 bits per heavy atom. The van der Waals surface area contributed by atoms with Crippen molar-refractivity contribution in [1.82, 2.24) is 0 Å². The van der Waals surface area contributed by atoms with Gasteiger partial charge in [-0.1, -0.05) is 0 Å². The van der Waals surface area contributed by atoms with Crippen molar-refractivity contribution in [1.29, 1.82) is 0 Å². The molecule has 1 aliphatic heterocycles. The van der Waals surface area contributed by atoms with Gasteiger partial charge >= 0.3 is 0 Å². The van der Waals surface area contributed by atoms with Gasteiger partial charge < -0.3 is 19.5 Å². The first kappa shape index (κ1) is 19.8. The molecule has 2 aromatic rings. The zero-order valence-corrected chi connectivity index (χ0v) is 16.7. The number of carbonyl (C=O) groups excluding carboxylic acids is 1. The minimum absolute atomic E-state index is 0.325. The molecule has 1 unspecified atom stereocenters. The van der Waals surface area contributed by atoms with Crippen LogP contribution in [0.4, 0.5) is 11.4 Å². The number of ether oxygens (including phenoxy) is 3. The van der Waals surface area contributed by atoms with Crippen LogP contribution in [0.2, 0.25) is 0 Å². The van der Waals surface area contributed by atoms with E-state index in [9.17, 15) is 13.2 Å². The van der Waals surface area contributed by atoms with Gasteiger partial charge in [0.05, 0.1) is 11.9 Å². The van der Waals surface area contributed by atoms with Crippen molar-refractivity contribution in [2.45, 2.75) is 13.0 Å². The lowest BCUT2D eigenvalue weighted by Crippen LogP contribution is -2.30. The summed E-state index contributed by atoms with van der Waals surface area (Å²) in [5.41, 5.74) is 1.08. The Kier molecular flexibility index (Phi) is 5.64. The van der Waals surface area contributed by atoms with Crippen LogP contribution in [0.5, 0.6) is 17.2 Å². The molecular weight excluding hydrogens is 384 g/mol. The number of sulfonamides is 1. The number of benzene rings is 2. The number of amides is 1. The van der Waals surface area contributed by atoms with Crippen LogP contribution in [0.25, 0.3) is 0 Å². The predicted octanol–water partition coefficient (Wildman–Crippen LogP) is 2.26. The van der Waals surface area contributed by atoms with Crippen molar-refractivity contribution >= 4 is 27.3 Å². The first-order valence-corrected chi connectivity index (χ1v) is 10.5. The number of fused-ring (bicyclic) bond motifs is 1. The summed E-state index contributed by atoms with van der Waals surface area (Å²) in [6.07, 6.45) is 0.369. The van der Waals surface area contributed by atoms with Gasteiger partial charge in [0.1, 0.15) is 19.0 Å². The van der Waals surface area contributed by atoms with E-state index in [1.54, 1.807) is 49.4 Å². The molecule has 0 fully saturated rings. The van der Waals surface area contributed by atoms with Crippen LogP contribution in [0.3, 0.4) is 0 Å². The zero-order chi connectivity index (χ0) is 20.3. The first-order valence-electron chi connectivity index (χ1n) is 8.65. The van der Waals surface area contributed by atoms with Gasteiger partial charge in [0.15, 0.2) is 17.6 Å². The highest BCUT2D eigenvalue weighted by Crippen LogP contribution is 2.32. The van der Waals surface area contributed by atoms with Gasteiger partial charge in [-0.05, 0) is 43.3 Å². The third kappa shape index (κ3) is 4.66. The van der Waals surface area contributed by atoms with Crippen LogP contribution in [0.1, 0.15) is 6.92 Å². The van der Waals surface area contributed by atoms with E-state index >= 15 is 0 Å². The van der Waals surface area contributed by atoms with E-state index in [1.807, 2.05) is 0 Å². The number of rotatable bonds is 6. The Bertz CT molecular complexity index is 959. The van der Waals surface area contributed by atoms with Gasteiger partial charge in [-0.2, -0.15) is 0 Å². The van der Waals surface area contributed by atoms with Crippen LogP contribution in [0, 0.1) is 0 Å². The van der Waals surface area contributed by atoms with Crippen molar-refractivity contribution in [2.75, 3.05) is 36.1 Å². The Balaban J connectivity index is 1.61. The predicted molar refractivity (Wildman–Crippen MR) is 106 cm³/mol. The molecule has 1 N–H and O–H groups in total. The number of nitrogens with zero attached hydrogens (tertiary/aromatic N) is 1. The molecule has 1 aliphatic rings. The Labute approximate surface area is 164 Å². The van der Waals surface area contributed by atoms with Gasteiger partial charge in [0.2, 0.25) is 10.0 Å². The highest BCUT2D eigenvalue weighted by Gasteiger charge is 2.18. The molecule has 2 aromatic carbocycles. The van der Waals surface area contributed by atoms with Gasteiger partial charge in [-0.3, -0.25) is 9.10 Å². The maximum absolute atomic E-state index is 12.4. The normalized spacial score (nSPS) is 14.1. The molecule has 0 saturated heterocycles. The largest absolute Gasteiger partial charge is 0.486 e. The molecular formula is C19H22N2O6S. The summed E-state index contributed by atoms with van der Waals surface area (Å²) in [5.74, 6) is 1.36. The fourth-order valence-corrected chi connectivity index (χ4v) is 3.05. The number of nitrogens with one attached hydrogen (secondary N) is 1. The van der Waals surface area contributed by atoms with E-state index < -0.39 is 16.1 Å². The second kappa shape index (κ2) is 7.97. The fourth-order valence-electron chi connectivity index (χ4n) is 2.55. The van der Waals surface area contributed by atoms with E-state index in [2.05, 4.69) is 5.32 Å². The monoisotopic (exact) mass is 406 g/mol. The molecule has 3 rings (SSSR count). The summed E-state index contributed by atoms with van der Waals surface area (Å²) in [4.78, 5) is 12.4. The number of hydrogen-bond donors (Lipinski definition) is 1. The minimum atomic E-state index is -3.34. The third-order valence-corrected chi connectivity index (χ3v) is 5.40. The first-order chi connectivity index (χ1) is 13.2. The highest BCUT2D eigenvalue weighted by molar-refractivity contribution is 7.92. The molecule has 0 aliphatic carbocycles. The third-order valence-electron chi connectivity index (χ3n) is 4.19. The van der Waals surface area contributed by atoms with Gasteiger partial charge in [-0.25, -0.2) is 8.42 Å². The lowest BCUT2D eigenvalue weighted by molar-refractivity contribution is -0.122. The molecule has 0 saturated carbocycles. The van der Waals surface area contributed by atoms with Crippen molar-refractivity contribution in [3.8, 4) is 17.2 Å². The quantitative estimate of drug-likeness (QED) is 0.791. The molecule has 0 aromatic heterocycles. The zero-order valence-electron chi connectivity index (χ0n) is 15.8. The summed E-state index contributed by atoms with van der Waals surface area (Å²) in [6, 6.07) is 11.6. The molecule has 0 spiro atoms. The summed E-state index contributed by atoms with van der Waals surface area (Å²) in [6.45, 7) is 2.60. The Morgan fingerprint density at radius 2 is 1.75 bits per heavy atom. The maximum Gasteiger partial charge on any atom is 0.265 e. The van der Waals surface area contributed by atoms with Crippen LogP contribution in [-0.4, -0.2) is 46.9 Å². The van der Waals surface area contributed by atoms with Crippen LogP contribution >= 0.6 is 0 Å². The van der Waals surface area contributed by atoms with E-state index in [4.69, 9.17) is 14.2 Å². The Hall–Kier alpha value is -2.94. The molecule has 150 valence electrons. The number of carbonyl (C=O) groups is 1. The molecule has 1 atom stereocenters. The van der Waals surface area contributed by atoms with E-state index in [0.717, 1.165) is 10.6 Å². The topological polar surface area (TPSA) is 94.2 Å². The molecule has 1 heterocycles. The second-order valence-electron chi connectivity index (χ2n) is 6.33. The van der Waals surface area contributed by atoms with Crippen LogP contribution in [0.15, 0.2) is 42.5 Å². The summed E-state index contributed by atoms with van der Waals surface area (Å²) in [7, 11) is -1.87. The Morgan fingerprint density at radius 1 is 1.11 bits per heavy atom. The summed E-state index contributed by atoms with van der Waals surface area (Å²) >= 11 is 0. The van der Waals surface area contributed by atoms with E-state index in [-0.39, 0.29) is 5.91 Å². The van der Waals surface area contributed by atoms with Crippen LogP contribution < -0.4 is 23.8 Å². The summed E-state index contributed by atoms with van der Waals surface area (Å²) < 4.78 is 40.9. The standard InChI is InChI=1S/C19H22N2O6S/c1-13(27-16-7-5-15(6-8-16)21(2)28(3,23)24)19(22)20-14-4-9-17-18(12-14)26-11-10-25-17/h4-9,12-13H,10-11H2,1-3H3,(H,20,22). The average Bonchev–Trinajstić information content (AvgIpc) is 2.67. The molecule has 0 radical (unpaired) electrons. The highest BCUT2D eigenvalue weighted by atomic mass is 32.2. The smallest absolute Gasteiger partial charge is 0.265 e. The molecule has 1 amide bonds. The van der Waals surface area contributed by atoms with Gasteiger partial charge in [0.25, 0.3) is 5.91 Å². The number of anilines is 2. The lowest BCUT2D eigenvalue weighted by atomic mass is 10.2.